The van der Waals surface area contributed by atoms with E-state index in [1.165, 1.54) is 12.8 Å². The van der Waals surface area contributed by atoms with Crippen molar-refractivity contribution in [1.82, 2.24) is 35.1 Å². The molecule has 0 aliphatic heterocycles. The third-order valence-electron chi connectivity index (χ3n) is 4.27. The highest BCUT2D eigenvalue weighted by atomic mass is 16.5. The van der Waals surface area contributed by atoms with Gasteiger partial charge in [-0.2, -0.15) is 4.98 Å². The summed E-state index contributed by atoms with van der Waals surface area (Å²) < 4.78 is 12.6. The summed E-state index contributed by atoms with van der Waals surface area (Å²) >= 11 is 0. The summed E-state index contributed by atoms with van der Waals surface area (Å²) in [7, 11) is 1.79. The number of aryl methyl sites for hydroxylation is 1. The zero-order valence-corrected chi connectivity index (χ0v) is 14.0. The van der Waals surface area contributed by atoms with Gasteiger partial charge in [-0.05, 0) is 30.9 Å². The second kappa shape index (κ2) is 5.87. The Hall–Kier alpha value is -3.36. The Bertz CT molecular complexity index is 1070. The van der Waals surface area contributed by atoms with Crippen LogP contribution in [0.2, 0.25) is 0 Å². The molecule has 0 N–H and O–H groups in total. The number of nitrogens with zero attached hydrogens (tertiary/aromatic N) is 7. The van der Waals surface area contributed by atoms with Crippen molar-refractivity contribution in [3.63, 3.8) is 0 Å². The highest BCUT2D eigenvalue weighted by Gasteiger charge is 2.22. The lowest BCUT2D eigenvalue weighted by Gasteiger charge is -2.03. The standard InChI is InChI=1S/C17H15N7O2/c1-24-16-13(21-23-24)6-12(8-19-16)17-20-15(22-26-17)11-4-5-14(18-7-11)25-9-10-2-3-10/h4-8,10H,2-3,9H2,1H3. The molecule has 5 rings (SSSR count). The number of hydrogen-bond acceptors (Lipinski definition) is 8. The summed E-state index contributed by atoms with van der Waals surface area (Å²) in [6, 6.07) is 5.51. The van der Waals surface area contributed by atoms with Crippen LogP contribution in [0.4, 0.5) is 0 Å². The molecule has 9 heteroatoms. The van der Waals surface area contributed by atoms with Crippen molar-refractivity contribution in [2.24, 2.45) is 13.0 Å². The van der Waals surface area contributed by atoms with Gasteiger partial charge in [-0.25, -0.2) is 14.6 Å². The minimum atomic E-state index is 0.370. The lowest BCUT2D eigenvalue weighted by atomic mass is 10.2. The molecule has 1 aliphatic rings. The summed E-state index contributed by atoms with van der Waals surface area (Å²) in [6.07, 6.45) is 5.84. The van der Waals surface area contributed by atoms with Gasteiger partial charge in [0, 0.05) is 31.1 Å². The smallest absolute Gasteiger partial charge is 0.259 e. The average molecular weight is 349 g/mol. The van der Waals surface area contributed by atoms with E-state index >= 15 is 0 Å². The molecule has 130 valence electrons. The summed E-state index contributed by atoms with van der Waals surface area (Å²) in [6.45, 7) is 0.733. The first-order valence-electron chi connectivity index (χ1n) is 8.35. The largest absolute Gasteiger partial charge is 0.477 e. The van der Waals surface area contributed by atoms with Crippen LogP contribution in [0.5, 0.6) is 5.88 Å². The summed E-state index contributed by atoms with van der Waals surface area (Å²) in [5.74, 6) is 2.13. The zero-order valence-electron chi connectivity index (χ0n) is 14.0. The molecule has 26 heavy (non-hydrogen) atoms. The average Bonchev–Trinajstić information content (AvgIpc) is 3.25. The van der Waals surface area contributed by atoms with Gasteiger partial charge < -0.3 is 9.26 Å². The fourth-order valence-electron chi connectivity index (χ4n) is 2.59. The highest BCUT2D eigenvalue weighted by molar-refractivity contribution is 5.75. The second-order valence-electron chi connectivity index (χ2n) is 6.34. The Balaban J connectivity index is 1.38. The Kier molecular flexibility index (Phi) is 3.37. The van der Waals surface area contributed by atoms with Crippen LogP contribution in [-0.4, -0.2) is 41.7 Å². The third-order valence-corrected chi connectivity index (χ3v) is 4.27. The zero-order chi connectivity index (χ0) is 17.5. The van der Waals surface area contributed by atoms with Crippen LogP contribution >= 0.6 is 0 Å². The maximum atomic E-state index is 5.64. The van der Waals surface area contributed by atoms with Crippen LogP contribution in [0.3, 0.4) is 0 Å². The van der Waals surface area contributed by atoms with Crippen LogP contribution in [0.25, 0.3) is 34.0 Å². The van der Waals surface area contributed by atoms with Crippen molar-refractivity contribution in [1.29, 1.82) is 0 Å². The molecular weight excluding hydrogens is 334 g/mol. The molecule has 0 saturated heterocycles. The van der Waals surface area contributed by atoms with Gasteiger partial charge in [0.15, 0.2) is 5.65 Å². The van der Waals surface area contributed by atoms with E-state index in [-0.39, 0.29) is 0 Å². The fourth-order valence-corrected chi connectivity index (χ4v) is 2.59. The quantitative estimate of drug-likeness (QED) is 0.540. The Labute approximate surface area is 148 Å². The Morgan fingerprint density at radius 2 is 2.08 bits per heavy atom. The molecule has 9 nitrogen and oxygen atoms in total. The molecule has 0 unspecified atom stereocenters. The Morgan fingerprint density at radius 1 is 1.19 bits per heavy atom. The van der Waals surface area contributed by atoms with Crippen molar-refractivity contribution in [3.8, 4) is 28.7 Å². The molecule has 0 amide bonds. The van der Waals surface area contributed by atoms with E-state index < -0.39 is 0 Å². The highest BCUT2D eigenvalue weighted by Crippen LogP contribution is 2.29. The van der Waals surface area contributed by atoms with Gasteiger partial charge in [-0.3, -0.25) is 0 Å². The van der Waals surface area contributed by atoms with Gasteiger partial charge >= 0.3 is 0 Å². The van der Waals surface area contributed by atoms with Crippen LogP contribution in [0, 0.1) is 5.92 Å². The van der Waals surface area contributed by atoms with E-state index in [1.807, 2.05) is 18.2 Å². The normalized spacial score (nSPS) is 14.0. The predicted molar refractivity (Wildman–Crippen MR) is 91.0 cm³/mol. The monoisotopic (exact) mass is 349 g/mol. The fraction of sp³-hybridized carbons (Fsp3) is 0.294. The summed E-state index contributed by atoms with van der Waals surface area (Å²) in [5.41, 5.74) is 2.81. The number of fused-ring (bicyclic) bond motifs is 1. The van der Waals surface area contributed by atoms with Crippen LogP contribution in [0.1, 0.15) is 12.8 Å². The molecule has 4 aromatic heterocycles. The van der Waals surface area contributed by atoms with Crippen molar-refractivity contribution in [3.05, 3.63) is 30.6 Å². The number of rotatable bonds is 5. The summed E-state index contributed by atoms with van der Waals surface area (Å²) in [4.78, 5) is 13.1. The van der Waals surface area contributed by atoms with Crippen LogP contribution in [0.15, 0.2) is 35.1 Å². The number of aromatic nitrogens is 7. The van der Waals surface area contributed by atoms with Crippen molar-refractivity contribution in [2.45, 2.75) is 12.8 Å². The first-order valence-corrected chi connectivity index (χ1v) is 8.35. The molecule has 0 aromatic carbocycles. The third kappa shape index (κ3) is 2.77. The topological polar surface area (TPSA) is 105 Å². The molecule has 1 aliphatic carbocycles. The predicted octanol–water partition coefficient (Wildman–Crippen LogP) is 2.26. The van der Waals surface area contributed by atoms with Crippen LogP contribution in [-0.2, 0) is 7.05 Å². The maximum absolute atomic E-state index is 5.64. The molecule has 0 atom stereocenters. The summed E-state index contributed by atoms with van der Waals surface area (Å²) in [5, 5.41) is 12.0. The van der Waals surface area contributed by atoms with Crippen molar-refractivity contribution in [2.75, 3.05) is 6.61 Å². The minimum Gasteiger partial charge on any atom is -0.477 e. The molecule has 1 saturated carbocycles. The second-order valence-corrected chi connectivity index (χ2v) is 6.34. The lowest BCUT2D eigenvalue weighted by Crippen LogP contribution is -2.00. The molecule has 0 radical (unpaired) electrons. The molecular formula is C17H15N7O2. The molecule has 4 heterocycles. The Morgan fingerprint density at radius 3 is 2.88 bits per heavy atom. The molecule has 4 aromatic rings. The van der Waals surface area contributed by atoms with E-state index in [0.29, 0.717) is 40.2 Å². The van der Waals surface area contributed by atoms with Crippen molar-refractivity contribution >= 4 is 11.2 Å². The van der Waals surface area contributed by atoms with E-state index in [1.54, 1.807) is 24.1 Å². The minimum absolute atomic E-state index is 0.370. The number of pyridine rings is 2. The SMILES string of the molecule is Cn1nnc2cc(-c3nc(-c4ccc(OCC5CC5)nc4)no3)cnc21. The van der Waals surface area contributed by atoms with Crippen molar-refractivity contribution < 1.29 is 9.26 Å². The molecule has 0 bridgehead atoms. The molecule has 1 fully saturated rings. The number of hydrogen-bond donors (Lipinski definition) is 0. The van der Waals surface area contributed by atoms with Gasteiger partial charge in [0.1, 0.15) is 5.52 Å². The van der Waals surface area contributed by atoms with E-state index in [4.69, 9.17) is 9.26 Å². The van der Waals surface area contributed by atoms with Gasteiger partial charge in [-0.15, -0.1) is 5.10 Å². The first-order chi connectivity index (χ1) is 12.8. The van der Waals surface area contributed by atoms with Gasteiger partial charge in [0.05, 0.1) is 12.2 Å². The van der Waals surface area contributed by atoms with Gasteiger partial charge in [0.25, 0.3) is 5.89 Å². The number of ether oxygens (including phenoxy) is 1. The maximum Gasteiger partial charge on any atom is 0.259 e. The molecule has 0 spiro atoms. The van der Waals surface area contributed by atoms with Crippen LogP contribution < -0.4 is 4.74 Å². The van der Waals surface area contributed by atoms with E-state index in [2.05, 4.69) is 30.4 Å². The van der Waals surface area contributed by atoms with Gasteiger partial charge in [-0.1, -0.05) is 10.4 Å². The van der Waals surface area contributed by atoms with Gasteiger partial charge in [0.2, 0.25) is 11.7 Å². The first kappa shape index (κ1) is 14.9. The lowest BCUT2D eigenvalue weighted by molar-refractivity contribution is 0.288. The van der Waals surface area contributed by atoms with E-state index in [0.717, 1.165) is 12.2 Å². The van der Waals surface area contributed by atoms with E-state index in [9.17, 15) is 0 Å².